The number of nitrogens with zero attached hydrogens (tertiary/aromatic N) is 6. The minimum atomic E-state index is -0.453. The zero-order chi connectivity index (χ0) is 29.8. The largest absolute Gasteiger partial charge is 0.382 e. The number of nitrogen functional groups attached to an aromatic ring is 1. The van der Waals surface area contributed by atoms with E-state index in [1.807, 2.05) is 12.1 Å². The Morgan fingerprint density at radius 2 is 1.79 bits per heavy atom. The number of benzene rings is 2. The third-order valence-corrected chi connectivity index (χ3v) is 6.65. The number of fused-ring (bicyclic) bond motifs is 1. The van der Waals surface area contributed by atoms with Gasteiger partial charge >= 0.3 is 11.6 Å². The maximum Gasteiger partial charge on any atom is 0.339 e. The normalized spacial score (nSPS) is 10.6. The number of hydrogen-bond acceptors (Lipinski definition) is 7. The number of amides is 2. The van der Waals surface area contributed by atoms with E-state index in [4.69, 9.17) is 5.73 Å². The lowest BCUT2D eigenvalue weighted by Crippen LogP contribution is -2.25. The Morgan fingerprint density at radius 1 is 1.00 bits per heavy atom. The van der Waals surface area contributed by atoms with Crippen LogP contribution in [0.1, 0.15) is 36.2 Å². The van der Waals surface area contributed by atoms with Crippen molar-refractivity contribution in [2.24, 2.45) is 0 Å². The van der Waals surface area contributed by atoms with Gasteiger partial charge in [0.2, 0.25) is 0 Å². The van der Waals surface area contributed by atoms with Crippen molar-refractivity contribution in [3.05, 3.63) is 94.8 Å². The first-order valence-corrected chi connectivity index (χ1v) is 13.2. The Labute approximate surface area is 241 Å². The van der Waals surface area contributed by atoms with Crippen LogP contribution in [0, 0.1) is 11.8 Å². The summed E-state index contributed by atoms with van der Waals surface area (Å²) in [6.45, 7) is 3.67. The number of carbonyl (C=O) groups is 2. The lowest BCUT2D eigenvalue weighted by atomic mass is 10.1. The topological polar surface area (TPSA) is 141 Å². The van der Waals surface area contributed by atoms with E-state index in [1.54, 1.807) is 68.7 Å². The van der Waals surface area contributed by atoms with Crippen molar-refractivity contribution in [2.75, 3.05) is 23.0 Å². The zero-order valence-electron chi connectivity index (χ0n) is 23.3. The predicted molar refractivity (Wildman–Crippen MR) is 162 cm³/mol. The molecule has 0 aliphatic heterocycles. The van der Waals surface area contributed by atoms with Crippen molar-refractivity contribution in [3.63, 3.8) is 0 Å². The minimum Gasteiger partial charge on any atom is -0.382 e. The average Bonchev–Trinajstić information content (AvgIpc) is 3.30. The highest BCUT2D eigenvalue weighted by Crippen LogP contribution is 2.25. The maximum atomic E-state index is 13.9. The van der Waals surface area contributed by atoms with Crippen LogP contribution in [0.15, 0.2) is 78.0 Å². The molecule has 0 spiro atoms. The molecule has 0 aliphatic carbocycles. The summed E-state index contributed by atoms with van der Waals surface area (Å²) in [6.07, 6.45) is 4.83. The maximum absolute atomic E-state index is 13.9. The van der Waals surface area contributed by atoms with Crippen LogP contribution in [0.2, 0.25) is 0 Å². The zero-order valence-corrected chi connectivity index (χ0v) is 23.3. The Balaban J connectivity index is 1.53. The molecule has 2 aromatic carbocycles. The van der Waals surface area contributed by atoms with Crippen molar-refractivity contribution in [1.82, 2.24) is 24.1 Å². The molecular formula is C31H28N8O3. The van der Waals surface area contributed by atoms with Crippen LogP contribution < -0.4 is 21.6 Å². The van der Waals surface area contributed by atoms with Crippen molar-refractivity contribution >= 4 is 40.3 Å². The van der Waals surface area contributed by atoms with Gasteiger partial charge in [-0.3, -0.25) is 14.2 Å². The van der Waals surface area contributed by atoms with Crippen molar-refractivity contribution in [1.29, 1.82) is 0 Å². The first-order valence-electron chi connectivity index (χ1n) is 13.2. The lowest BCUT2D eigenvalue weighted by Gasteiger charge is -2.15. The summed E-state index contributed by atoms with van der Waals surface area (Å²) >= 11 is 0. The first-order chi connectivity index (χ1) is 20.3. The van der Waals surface area contributed by atoms with E-state index in [0.29, 0.717) is 34.0 Å². The van der Waals surface area contributed by atoms with E-state index in [-0.39, 0.29) is 23.3 Å². The fourth-order valence-corrected chi connectivity index (χ4v) is 4.61. The van der Waals surface area contributed by atoms with Gasteiger partial charge in [0.15, 0.2) is 11.5 Å². The number of nitrogens with two attached hydrogens (primary N) is 1. The number of nitrogens with one attached hydrogen (secondary N) is 1. The molecule has 3 aromatic heterocycles. The van der Waals surface area contributed by atoms with Gasteiger partial charge < -0.3 is 16.0 Å². The van der Waals surface area contributed by atoms with Crippen LogP contribution >= 0.6 is 0 Å². The molecule has 0 fully saturated rings. The Bertz CT molecular complexity index is 1930. The SMILES string of the molecule is CC#CC(=O)N(C)c1cccc(-n2c(=O)n(-c3ccc(C(=O)Nc4cc(CCC)ccn4)cc3)c3c(N)ncnc32)c1. The van der Waals surface area contributed by atoms with Crippen LogP contribution in [0.4, 0.5) is 17.3 Å². The summed E-state index contributed by atoms with van der Waals surface area (Å²) in [5, 5.41) is 2.82. The number of aryl methyl sites for hydroxylation is 1. The van der Waals surface area contributed by atoms with E-state index >= 15 is 0 Å². The summed E-state index contributed by atoms with van der Waals surface area (Å²) in [7, 11) is 1.60. The Morgan fingerprint density at radius 3 is 2.52 bits per heavy atom. The van der Waals surface area contributed by atoms with Gasteiger partial charge in [-0.1, -0.05) is 25.3 Å². The predicted octanol–water partition coefficient (Wildman–Crippen LogP) is 3.74. The molecule has 2 amide bonds. The third kappa shape index (κ3) is 5.33. The van der Waals surface area contributed by atoms with Gasteiger partial charge in [0, 0.05) is 24.5 Å². The standard InChI is InChI=1S/C31H28N8O3/c1-4-7-20-15-16-33-25(17-20)36-30(41)21-11-13-22(14-12-21)38-27-28(32)34-19-35-29(27)39(31(38)42)24-10-6-9-23(18-24)37(3)26(40)8-5-2/h6,9-19H,4,7H2,1-3H3,(H2,32,34,35)(H,33,36,41). The summed E-state index contributed by atoms with van der Waals surface area (Å²) < 4.78 is 2.79. The molecule has 42 heavy (non-hydrogen) atoms. The van der Waals surface area contributed by atoms with E-state index < -0.39 is 5.69 Å². The second-order valence-electron chi connectivity index (χ2n) is 9.44. The van der Waals surface area contributed by atoms with Gasteiger partial charge in [-0.2, -0.15) is 0 Å². The number of rotatable bonds is 7. The van der Waals surface area contributed by atoms with Gasteiger partial charge in [-0.15, -0.1) is 0 Å². The highest BCUT2D eigenvalue weighted by atomic mass is 16.2. The van der Waals surface area contributed by atoms with Crippen LogP contribution in [-0.2, 0) is 11.2 Å². The third-order valence-electron chi connectivity index (χ3n) is 6.65. The van der Waals surface area contributed by atoms with Crippen molar-refractivity contribution in [2.45, 2.75) is 26.7 Å². The second kappa shape index (κ2) is 11.8. The molecule has 5 rings (SSSR count). The number of pyridine rings is 1. The molecule has 0 bridgehead atoms. The number of hydrogen-bond donors (Lipinski definition) is 2. The highest BCUT2D eigenvalue weighted by Gasteiger charge is 2.21. The van der Waals surface area contributed by atoms with E-state index in [9.17, 15) is 14.4 Å². The number of anilines is 3. The molecule has 210 valence electrons. The summed E-state index contributed by atoms with van der Waals surface area (Å²) in [5.41, 5.74) is 9.33. The van der Waals surface area contributed by atoms with Crippen molar-refractivity contribution in [3.8, 4) is 23.2 Å². The van der Waals surface area contributed by atoms with Gasteiger partial charge in [-0.25, -0.2) is 24.3 Å². The van der Waals surface area contributed by atoms with Gasteiger partial charge in [0.05, 0.1) is 11.4 Å². The summed E-state index contributed by atoms with van der Waals surface area (Å²) in [6, 6.07) is 17.2. The van der Waals surface area contributed by atoms with Crippen LogP contribution in [0.25, 0.3) is 22.5 Å². The summed E-state index contributed by atoms with van der Waals surface area (Å²) in [5.74, 6) is 4.96. The number of imidazole rings is 1. The summed E-state index contributed by atoms with van der Waals surface area (Å²) in [4.78, 5) is 53.3. The Hall–Kier alpha value is -5.76. The smallest absolute Gasteiger partial charge is 0.339 e. The molecule has 3 N–H and O–H groups in total. The molecule has 0 saturated carbocycles. The molecule has 0 aliphatic rings. The van der Waals surface area contributed by atoms with Crippen LogP contribution in [0.5, 0.6) is 0 Å². The molecule has 3 heterocycles. The van der Waals surface area contributed by atoms with E-state index in [1.165, 1.54) is 20.4 Å². The van der Waals surface area contributed by atoms with E-state index in [0.717, 1.165) is 18.4 Å². The first kappa shape index (κ1) is 27.8. The average molecular weight is 561 g/mol. The number of aromatic nitrogens is 5. The van der Waals surface area contributed by atoms with Gasteiger partial charge in [-0.05, 0) is 79.4 Å². The van der Waals surface area contributed by atoms with Crippen LogP contribution in [0.3, 0.4) is 0 Å². The minimum absolute atomic E-state index is 0.109. The molecule has 0 unspecified atom stereocenters. The molecule has 11 heteroatoms. The second-order valence-corrected chi connectivity index (χ2v) is 9.44. The van der Waals surface area contributed by atoms with E-state index in [2.05, 4.69) is 39.0 Å². The molecule has 5 aromatic rings. The van der Waals surface area contributed by atoms with Gasteiger partial charge in [0.1, 0.15) is 17.7 Å². The fraction of sp³-hybridized carbons (Fsp3) is 0.161. The lowest BCUT2D eigenvalue weighted by molar-refractivity contribution is -0.113. The molecule has 0 saturated heterocycles. The fourth-order valence-electron chi connectivity index (χ4n) is 4.61. The van der Waals surface area contributed by atoms with Crippen LogP contribution in [-0.4, -0.2) is 42.9 Å². The number of carbonyl (C=O) groups excluding carboxylic acids is 2. The quantitative estimate of drug-likeness (QED) is 0.289. The molecule has 11 nitrogen and oxygen atoms in total. The Kier molecular flexibility index (Phi) is 7.79. The van der Waals surface area contributed by atoms with Crippen molar-refractivity contribution < 1.29 is 9.59 Å². The molecule has 0 radical (unpaired) electrons. The molecule has 0 atom stereocenters. The van der Waals surface area contributed by atoms with Gasteiger partial charge in [0.25, 0.3) is 5.91 Å². The highest BCUT2D eigenvalue weighted by molar-refractivity contribution is 6.05. The monoisotopic (exact) mass is 560 g/mol. The molecular weight excluding hydrogens is 532 g/mol.